The Morgan fingerprint density at radius 1 is 1.04 bits per heavy atom. The Balaban J connectivity index is 2.25. The quantitative estimate of drug-likeness (QED) is 0.486. The highest BCUT2D eigenvalue weighted by atomic mass is 16.5. The molecule has 0 aromatic heterocycles. The standard InChI is InChI=1S/C20H21NO4/c1-5-19(22)24-15-8-6-14(7-9-15)17-11-10-16(12-18(17)21-4)25-20(23)13(2)3/h6-12,21H,2,5H2,1,3-4H3. The van der Waals surface area contributed by atoms with E-state index < -0.39 is 5.97 Å². The molecular formula is C20H21NO4. The average Bonchev–Trinajstić information content (AvgIpc) is 2.62. The summed E-state index contributed by atoms with van der Waals surface area (Å²) < 4.78 is 10.4. The zero-order valence-corrected chi connectivity index (χ0v) is 14.6. The van der Waals surface area contributed by atoms with Gasteiger partial charge < -0.3 is 14.8 Å². The van der Waals surface area contributed by atoms with Crippen molar-refractivity contribution < 1.29 is 19.1 Å². The number of carbonyl (C=O) groups excluding carboxylic acids is 2. The molecule has 0 fully saturated rings. The van der Waals surface area contributed by atoms with Crippen molar-refractivity contribution >= 4 is 17.6 Å². The third-order valence-corrected chi connectivity index (χ3v) is 3.51. The number of hydrogen-bond acceptors (Lipinski definition) is 5. The molecule has 0 aliphatic carbocycles. The molecule has 5 nitrogen and oxygen atoms in total. The van der Waals surface area contributed by atoms with Crippen LogP contribution in [-0.2, 0) is 9.59 Å². The van der Waals surface area contributed by atoms with Crippen LogP contribution in [0.3, 0.4) is 0 Å². The highest BCUT2D eigenvalue weighted by molar-refractivity contribution is 5.89. The molecule has 2 rings (SSSR count). The second kappa shape index (κ2) is 8.15. The van der Waals surface area contributed by atoms with Crippen molar-refractivity contribution in [2.75, 3.05) is 12.4 Å². The van der Waals surface area contributed by atoms with Gasteiger partial charge in [0.2, 0.25) is 0 Å². The van der Waals surface area contributed by atoms with E-state index in [1.807, 2.05) is 18.2 Å². The Morgan fingerprint density at radius 3 is 2.24 bits per heavy atom. The fraction of sp³-hybridized carbons (Fsp3) is 0.200. The third-order valence-electron chi connectivity index (χ3n) is 3.51. The Kier molecular flexibility index (Phi) is 5.95. The second-order valence-electron chi connectivity index (χ2n) is 5.48. The molecule has 0 saturated heterocycles. The predicted molar refractivity (Wildman–Crippen MR) is 97.8 cm³/mol. The number of benzene rings is 2. The van der Waals surface area contributed by atoms with Gasteiger partial charge in [-0.3, -0.25) is 4.79 Å². The Hall–Kier alpha value is -3.08. The molecule has 0 heterocycles. The number of ether oxygens (including phenoxy) is 2. The second-order valence-corrected chi connectivity index (χ2v) is 5.48. The van der Waals surface area contributed by atoms with Crippen LogP contribution in [0.15, 0.2) is 54.6 Å². The van der Waals surface area contributed by atoms with E-state index in [4.69, 9.17) is 9.47 Å². The fourth-order valence-corrected chi connectivity index (χ4v) is 2.15. The van der Waals surface area contributed by atoms with E-state index >= 15 is 0 Å². The molecule has 130 valence electrons. The van der Waals surface area contributed by atoms with Gasteiger partial charge in [0.05, 0.1) is 0 Å². The number of nitrogens with one attached hydrogen (secondary N) is 1. The minimum atomic E-state index is -0.461. The normalized spacial score (nSPS) is 10.0. The Bertz CT molecular complexity index is 794. The lowest BCUT2D eigenvalue weighted by molar-refractivity contribution is -0.134. The summed E-state index contributed by atoms with van der Waals surface area (Å²) >= 11 is 0. The number of anilines is 1. The molecule has 0 amide bonds. The van der Waals surface area contributed by atoms with Crippen molar-refractivity contribution in [3.05, 3.63) is 54.6 Å². The van der Waals surface area contributed by atoms with E-state index in [1.54, 1.807) is 45.2 Å². The van der Waals surface area contributed by atoms with Crippen LogP contribution in [0.25, 0.3) is 11.1 Å². The SMILES string of the molecule is C=C(C)C(=O)Oc1ccc(-c2ccc(OC(=O)CC)cc2)c(NC)c1. The minimum absolute atomic E-state index is 0.271. The van der Waals surface area contributed by atoms with Crippen LogP contribution in [0.5, 0.6) is 11.5 Å². The van der Waals surface area contributed by atoms with Crippen molar-refractivity contribution in [3.8, 4) is 22.6 Å². The van der Waals surface area contributed by atoms with Crippen LogP contribution in [-0.4, -0.2) is 19.0 Å². The Labute approximate surface area is 147 Å². The van der Waals surface area contributed by atoms with Crippen LogP contribution < -0.4 is 14.8 Å². The molecule has 1 N–H and O–H groups in total. The first-order valence-corrected chi connectivity index (χ1v) is 7.95. The van der Waals surface area contributed by atoms with Gasteiger partial charge in [0.15, 0.2) is 0 Å². The van der Waals surface area contributed by atoms with E-state index in [1.165, 1.54) is 0 Å². The van der Waals surface area contributed by atoms with Crippen LogP contribution in [0, 0.1) is 0 Å². The molecule has 2 aromatic carbocycles. The molecule has 0 unspecified atom stereocenters. The molecule has 0 radical (unpaired) electrons. The smallest absolute Gasteiger partial charge is 0.338 e. The van der Waals surface area contributed by atoms with Gasteiger partial charge in [-0.25, -0.2) is 4.79 Å². The van der Waals surface area contributed by atoms with Gasteiger partial charge >= 0.3 is 11.9 Å². The summed E-state index contributed by atoms with van der Waals surface area (Å²) in [7, 11) is 1.79. The Morgan fingerprint density at radius 2 is 1.68 bits per heavy atom. The van der Waals surface area contributed by atoms with Gasteiger partial charge in [-0.2, -0.15) is 0 Å². The summed E-state index contributed by atoms with van der Waals surface area (Å²) in [5.74, 6) is 0.215. The molecule has 25 heavy (non-hydrogen) atoms. The molecule has 5 heteroatoms. The highest BCUT2D eigenvalue weighted by Crippen LogP contribution is 2.32. The van der Waals surface area contributed by atoms with Crippen molar-refractivity contribution in [1.29, 1.82) is 0 Å². The van der Waals surface area contributed by atoms with Gasteiger partial charge in [0.25, 0.3) is 0 Å². The van der Waals surface area contributed by atoms with E-state index in [2.05, 4.69) is 11.9 Å². The van der Waals surface area contributed by atoms with Crippen LogP contribution in [0.2, 0.25) is 0 Å². The first-order chi connectivity index (χ1) is 11.9. The van der Waals surface area contributed by atoms with E-state index in [0.717, 1.165) is 16.8 Å². The summed E-state index contributed by atoms with van der Waals surface area (Å²) in [5.41, 5.74) is 3.03. The summed E-state index contributed by atoms with van der Waals surface area (Å²) in [4.78, 5) is 23.0. The molecule has 0 aliphatic heterocycles. The lowest BCUT2D eigenvalue weighted by Gasteiger charge is -2.12. The lowest BCUT2D eigenvalue weighted by atomic mass is 10.0. The number of esters is 2. The first-order valence-electron chi connectivity index (χ1n) is 7.95. The molecule has 0 aliphatic rings. The van der Waals surface area contributed by atoms with Gasteiger partial charge in [-0.05, 0) is 36.8 Å². The van der Waals surface area contributed by atoms with Crippen molar-refractivity contribution in [2.45, 2.75) is 20.3 Å². The van der Waals surface area contributed by atoms with Crippen LogP contribution >= 0.6 is 0 Å². The monoisotopic (exact) mass is 339 g/mol. The largest absolute Gasteiger partial charge is 0.427 e. The number of carbonyl (C=O) groups is 2. The number of rotatable bonds is 6. The van der Waals surface area contributed by atoms with Crippen molar-refractivity contribution in [2.24, 2.45) is 0 Å². The third kappa shape index (κ3) is 4.70. The van der Waals surface area contributed by atoms with Gasteiger partial charge in [0, 0.05) is 36.4 Å². The van der Waals surface area contributed by atoms with Crippen LogP contribution in [0.1, 0.15) is 20.3 Å². The average molecular weight is 339 g/mol. The molecular weight excluding hydrogens is 318 g/mol. The van der Waals surface area contributed by atoms with Gasteiger partial charge in [-0.1, -0.05) is 25.6 Å². The molecule has 0 bridgehead atoms. The maximum Gasteiger partial charge on any atom is 0.338 e. The van der Waals surface area contributed by atoms with E-state index in [9.17, 15) is 9.59 Å². The number of hydrogen-bond donors (Lipinski definition) is 1. The summed E-state index contributed by atoms with van der Waals surface area (Å²) in [6.07, 6.45) is 0.329. The van der Waals surface area contributed by atoms with E-state index in [-0.39, 0.29) is 5.97 Å². The molecule has 2 aromatic rings. The lowest BCUT2D eigenvalue weighted by Crippen LogP contribution is -2.08. The van der Waals surface area contributed by atoms with Crippen LogP contribution in [0.4, 0.5) is 5.69 Å². The molecule has 0 saturated carbocycles. The summed E-state index contributed by atoms with van der Waals surface area (Å²) in [6, 6.07) is 12.6. The van der Waals surface area contributed by atoms with Gasteiger partial charge in [0.1, 0.15) is 11.5 Å². The van der Waals surface area contributed by atoms with Gasteiger partial charge in [-0.15, -0.1) is 0 Å². The fourth-order valence-electron chi connectivity index (χ4n) is 2.15. The zero-order chi connectivity index (χ0) is 18.4. The van der Waals surface area contributed by atoms with Crippen molar-refractivity contribution in [3.63, 3.8) is 0 Å². The maximum atomic E-state index is 11.6. The summed E-state index contributed by atoms with van der Waals surface area (Å²) in [5, 5.41) is 3.09. The maximum absolute atomic E-state index is 11.6. The van der Waals surface area contributed by atoms with E-state index in [0.29, 0.717) is 23.5 Å². The zero-order valence-electron chi connectivity index (χ0n) is 14.6. The summed E-state index contributed by atoms with van der Waals surface area (Å²) in [6.45, 7) is 6.92. The molecule has 0 atom stereocenters. The first kappa shape index (κ1) is 18.3. The minimum Gasteiger partial charge on any atom is -0.427 e. The predicted octanol–water partition coefficient (Wildman–Crippen LogP) is 4.19. The topological polar surface area (TPSA) is 64.6 Å². The molecule has 0 spiro atoms. The highest BCUT2D eigenvalue weighted by Gasteiger charge is 2.10. The van der Waals surface area contributed by atoms with Crippen molar-refractivity contribution in [1.82, 2.24) is 0 Å².